The van der Waals surface area contributed by atoms with Gasteiger partial charge in [-0.15, -0.1) is 0 Å². The summed E-state index contributed by atoms with van der Waals surface area (Å²) in [4.78, 5) is 40.0. The second-order valence-corrected chi connectivity index (χ2v) is 7.36. The fourth-order valence-electron chi connectivity index (χ4n) is 3.28. The molecule has 0 saturated carbocycles. The number of amides is 2. The van der Waals surface area contributed by atoms with Crippen LogP contribution in [0.2, 0.25) is 0 Å². The number of thiocarbonyl (C=S) groups is 1. The molecule has 2 amide bonds. The van der Waals surface area contributed by atoms with Crippen LogP contribution in [0.15, 0.2) is 48.5 Å². The van der Waals surface area contributed by atoms with Crippen molar-refractivity contribution in [1.82, 2.24) is 9.80 Å². The second-order valence-electron chi connectivity index (χ2n) is 6.99. The van der Waals surface area contributed by atoms with Gasteiger partial charge in [-0.3, -0.25) is 14.5 Å². The van der Waals surface area contributed by atoms with Crippen molar-refractivity contribution in [3.05, 3.63) is 59.7 Å². The first-order valence-corrected chi connectivity index (χ1v) is 9.94. The van der Waals surface area contributed by atoms with Gasteiger partial charge in [-0.05, 0) is 54.2 Å². The average molecular weight is 442 g/mol. The Bertz CT molecular complexity index is 991. The highest BCUT2D eigenvalue weighted by Crippen LogP contribution is 2.24. The van der Waals surface area contributed by atoms with Crippen molar-refractivity contribution in [2.24, 2.45) is 0 Å². The van der Waals surface area contributed by atoms with E-state index in [-0.39, 0.29) is 18.2 Å². The van der Waals surface area contributed by atoms with Crippen LogP contribution in [0, 0.1) is 0 Å². The first-order chi connectivity index (χ1) is 14.8. The largest absolute Gasteiger partial charge is 0.497 e. The zero-order valence-corrected chi connectivity index (χ0v) is 18.3. The first kappa shape index (κ1) is 22.2. The minimum absolute atomic E-state index is 0.0573. The van der Waals surface area contributed by atoms with Gasteiger partial charge in [-0.1, -0.05) is 12.1 Å². The van der Waals surface area contributed by atoms with Gasteiger partial charge in [-0.2, -0.15) is 0 Å². The van der Waals surface area contributed by atoms with Gasteiger partial charge in [0.15, 0.2) is 5.11 Å². The molecule has 0 aliphatic carbocycles. The lowest BCUT2D eigenvalue weighted by atomic mass is 10.1. The Kier molecular flexibility index (Phi) is 6.86. The number of anilines is 1. The predicted molar refractivity (Wildman–Crippen MR) is 119 cm³/mol. The molecular weight excluding hydrogens is 418 g/mol. The molecule has 9 heteroatoms. The number of carbonyl (C=O) groups is 3. The maximum atomic E-state index is 12.7. The van der Waals surface area contributed by atoms with E-state index in [2.05, 4.69) is 10.1 Å². The molecule has 0 aromatic heterocycles. The van der Waals surface area contributed by atoms with E-state index in [1.54, 1.807) is 43.3 Å². The lowest BCUT2D eigenvalue weighted by Crippen LogP contribution is -2.37. The number of benzene rings is 2. The Balaban J connectivity index is 1.69. The molecule has 1 fully saturated rings. The Morgan fingerprint density at radius 3 is 2.29 bits per heavy atom. The zero-order valence-electron chi connectivity index (χ0n) is 17.5. The van der Waals surface area contributed by atoms with Crippen LogP contribution in [0.4, 0.5) is 5.69 Å². The zero-order chi connectivity index (χ0) is 22.5. The number of methoxy groups -OCH3 is 2. The molecule has 2 aromatic rings. The van der Waals surface area contributed by atoms with Crippen LogP contribution in [0.5, 0.6) is 5.75 Å². The summed E-state index contributed by atoms with van der Waals surface area (Å²) >= 11 is 5.43. The van der Waals surface area contributed by atoms with Crippen LogP contribution in [-0.4, -0.2) is 60.0 Å². The molecule has 8 nitrogen and oxygen atoms in total. The smallest absolute Gasteiger partial charge is 0.337 e. The molecule has 0 radical (unpaired) electrons. The standard InChI is InChI=1S/C22H23N3O5S/c1-24-20(27)18(25(22(24)31)13-14-4-10-17(29-2)11-5-14)12-19(26)23-16-8-6-15(7-9-16)21(28)30-3/h4-11,18H,12-13H2,1-3H3,(H,23,26)/t18-/m1/s1. The fraction of sp³-hybridized carbons (Fsp3) is 0.273. The molecule has 1 aliphatic rings. The summed E-state index contributed by atoms with van der Waals surface area (Å²) in [5.74, 6) is -0.285. The van der Waals surface area contributed by atoms with Gasteiger partial charge in [0.05, 0.1) is 26.2 Å². The van der Waals surface area contributed by atoms with Gasteiger partial charge in [-0.25, -0.2) is 4.79 Å². The van der Waals surface area contributed by atoms with Crippen LogP contribution >= 0.6 is 12.2 Å². The molecule has 1 atom stereocenters. The average Bonchev–Trinajstić information content (AvgIpc) is 2.98. The molecule has 162 valence electrons. The van der Waals surface area contributed by atoms with Crippen molar-refractivity contribution >= 4 is 40.8 Å². The lowest BCUT2D eigenvalue weighted by molar-refractivity contribution is -0.130. The summed E-state index contributed by atoms with van der Waals surface area (Å²) in [7, 11) is 4.50. The van der Waals surface area contributed by atoms with E-state index in [0.29, 0.717) is 22.9 Å². The molecule has 0 bridgehead atoms. The van der Waals surface area contributed by atoms with Crippen LogP contribution in [0.25, 0.3) is 0 Å². The van der Waals surface area contributed by atoms with E-state index in [1.165, 1.54) is 12.0 Å². The van der Waals surface area contributed by atoms with E-state index in [4.69, 9.17) is 17.0 Å². The third kappa shape index (κ3) is 5.00. The van der Waals surface area contributed by atoms with Gasteiger partial charge in [0.2, 0.25) is 5.91 Å². The van der Waals surface area contributed by atoms with Gasteiger partial charge >= 0.3 is 5.97 Å². The third-order valence-electron chi connectivity index (χ3n) is 5.00. The normalized spacial score (nSPS) is 15.8. The number of likely N-dealkylation sites (N-methyl/N-ethyl adjacent to an activating group) is 1. The van der Waals surface area contributed by atoms with Crippen molar-refractivity contribution in [2.45, 2.75) is 19.0 Å². The Labute approximate surface area is 185 Å². The molecule has 2 aromatic carbocycles. The number of nitrogens with zero attached hydrogens (tertiary/aromatic N) is 2. The second kappa shape index (κ2) is 9.57. The number of esters is 1. The Hall–Kier alpha value is -3.46. The number of carbonyl (C=O) groups excluding carboxylic acids is 3. The van der Waals surface area contributed by atoms with E-state index in [0.717, 1.165) is 11.3 Å². The third-order valence-corrected chi connectivity index (χ3v) is 5.51. The molecule has 1 N–H and O–H groups in total. The van der Waals surface area contributed by atoms with Gasteiger partial charge in [0, 0.05) is 19.3 Å². The highest BCUT2D eigenvalue weighted by molar-refractivity contribution is 7.80. The molecule has 31 heavy (non-hydrogen) atoms. The van der Waals surface area contributed by atoms with Crippen molar-refractivity contribution in [3.63, 3.8) is 0 Å². The molecule has 1 saturated heterocycles. The van der Waals surface area contributed by atoms with E-state index in [9.17, 15) is 14.4 Å². The number of nitrogens with one attached hydrogen (secondary N) is 1. The van der Waals surface area contributed by atoms with Gasteiger partial charge in [0.25, 0.3) is 5.91 Å². The summed E-state index contributed by atoms with van der Waals surface area (Å²) in [5.41, 5.74) is 1.83. The molecule has 3 rings (SSSR count). The van der Waals surface area contributed by atoms with E-state index >= 15 is 0 Å². The van der Waals surface area contributed by atoms with E-state index < -0.39 is 12.0 Å². The minimum Gasteiger partial charge on any atom is -0.497 e. The monoisotopic (exact) mass is 441 g/mol. The van der Waals surface area contributed by atoms with Crippen molar-refractivity contribution < 1.29 is 23.9 Å². The summed E-state index contributed by atoms with van der Waals surface area (Å²) < 4.78 is 9.83. The summed E-state index contributed by atoms with van der Waals surface area (Å²) in [6.07, 6.45) is -0.0573. The molecule has 0 spiro atoms. The molecular formula is C22H23N3O5S. The molecule has 1 heterocycles. The van der Waals surface area contributed by atoms with E-state index in [1.807, 2.05) is 24.3 Å². The highest BCUT2D eigenvalue weighted by Gasteiger charge is 2.41. The Morgan fingerprint density at radius 1 is 1.06 bits per heavy atom. The van der Waals surface area contributed by atoms with Gasteiger partial charge < -0.3 is 19.7 Å². The van der Waals surface area contributed by atoms with Crippen LogP contribution in [0.1, 0.15) is 22.3 Å². The topological polar surface area (TPSA) is 88.2 Å². The first-order valence-electron chi connectivity index (χ1n) is 9.53. The number of ether oxygens (including phenoxy) is 2. The number of rotatable bonds is 7. The van der Waals surface area contributed by atoms with Crippen molar-refractivity contribution in [2.75, 3.05) is 26.6 Å². The number of hydrogen-bond acceptors (Lipinski definition) is 6. The molecule has 1 aliphatic heterocycles. The van der Waals surface area contributed by atoms with Crippen LogP contribution in [-0.2, 0) is 20.9 Å². The Morgan fingerprint density at radius 2 is 1.71 bits per heavy atom. The molecule has 0 unspecified atom stereocenters. The van der Waals surface area contributed by atoms with Crippen LogP contribution < -0.4 is 10.1 Å². The van der Waals surface area contributed by atoms with Crippen molar-refractivity contribution in [1.29, 1.82) is 0 Å². The van der Waals surface area contributed by atoms with Gasteiger partial charge in [0.1, 0.15) is 11.8 Å². The SMILES string of the molecule is COC(=O)c1ccc(NC(=O)C[C@@H]2C(=O)N(C)C(=S)N2Cc2ccc(OC)cc2)cc1. The summed E-state index contributed by atoms with van der Waals surface area (Å²) in [6, 6.07) is 13.1. The summed E-state index contributed by atoms with van der Waals surface area (Å²) in [6.45, 7) is 0.394. The van der Waals surface area contributed by atoms with Crippen LogP contribution in [0.3, 0.4) is 0 Å². The summed E-state index contributed by atoms with van der Waals surface area (Å²) in [5, 5.41) is 3.13. The minimum atomic E-state index is -0.700. The number of hydrogen-bond donors (Lipinski definition) is 1. The maximum absolute atomic E-state index is 12.7. The maximum Gasteiger partial charge on any atom is 0.337 e. The predicted octanol–water partition coefficient (Wildman–Crippen LogP) is 2.44. The van der Waals surface area contributed by atoms with Crippen molar-refractivity contribution in [3.8, 4) is 5.75 Å². The lowest BCUT2D eigenvalue weighted by Gasteiger charge is -2.23. The fourth-order valence-corrected chi connectivity index (χ4v) is 3.56. The highest BCUT2D eigenvalue weighted by atomic mass is 32.1. The quantitative estimate of drug-likeness (QED) is 0.522.